The Morgan fingerprint density at radius 2 is 2.25 bits per heavy atom. The first-order valence-corrected chi connectivity index (χ1v) is 12.3. The van der Waals surface area contributed by atoms with E-state index in [2.05, 4.69) is 27.5 Å². The highest BCUT2D eigenvalue weighted by Crippen LogP contribution is 2.40. The summed E-state index contributed by atoms with van der Waals surface area (Å²) >= 11 is 2.63. The molecule has 1 atom stereocenters. The summed E-state index contributed by atoms with van der Waals surface area (Å²) in [7, 11) is 0. The van der Waals surface area contributed by atoms with E-state index in [4.69, 9.17) is 9.15 Å². The molecule has 0 bridgehead atoms. The van der Waals surface area contributed by atoms with Crippen LogP contribution in [0, 0.1) is 12.8 Å². The Bertz CT molecular complexity index is 1120. The minimum absolute atomic E-state index is 0.0870. The number of carbonyl (C=O) groups is 2. The lowest BCUT2D eigenvalue weighted by molar-refractivity contribution is -0.113. The van der Waals surface area contributed by atoms with E-state index in [-0.39, 0.29) is 17.6 Å². The topological polar surface area (TPSA) is 112 Å². The molecule has 0 saturated carbocycles. The maximum Gasteiger partial charge on any atom is 0.341 e. The summed E-state index contributed by atoms with van der Waals surface area (Å²) in [4.78, 5) is 26.4. The van der Waals surface area contributed by atoms with E-state index in [9.17, 15) is 9.59 Å². The second-order valence-corrected chi connectivity index (χ2v) is 9.74. The fourth-order valence-electron chi connectivity index (χ4n) is 3.60. The largest absolute Gasteiger partial charge is 0.462 e. The number of rotatable bonds is 8. The molecular formula is C21H25N5O4S2. The van der Waals surface area contributed by atoms with Gasteiger partial charge in [-0.25, -0.2) is 4.79 Å². The average molecular weight is 476 g/mol. The molecule has 3 heterocycles. The second kappa shape index (κ2) is 9.86. The molecule has 1 amide bonds. The Morgan fingerprint density at radius 3 is 3.00 bits per heavy atom. The van der Waals surface area contributed by atoms with Crippen LogP contribution in [0.15, 0.2) is 21.9 Å². The molecule has 3 aromatic heterocycles. The molecule has 3 aromatic rings. The third-order valence-corrected chi connectivity index (χ3v) is 7.22. The smallest absolute Gasteiger partial charge is 0.341 e. The Kier molecular flexibility index (Phi) is 6.95. The van der Waals surface area contributed by atoms with Crippen LogP contribution < -0.4 is 5.32 Å². The normalized spacial score (nSPS) is 15.4. The van der Waals surface area contributed by atoms with Gasteiger partial charge in [0.05, 0.1) is 17.9 Å². The zero-order valence-electron chi connectivity index (χ0n) is 18.2. The molecule has 9 nitrogen and oxygen atoms in total. The molecule has 0 radical (unpaired) electrons. The van der Waals surface area contributed by atoms with Gasteiger partial charge in [-0.3, -0.25) is 9.48 Å². The molecule has 0 fully saturated rings. The summed E-state index contributed by atoms with van der Waals surface area (Å²) in [5.74, 6) is 0.452. The molecule has 1 aliphatic rings. The van der Waals surface area contributed by atoms with Crippen molar-refractivity contribution in [3.05, 3.63) is 39.9 Å². The number of carbonyl (C=O) groups excluding carboxylic acids is 2. The Labute approximate surface area is 193 Å². The van der Waals surface area contributed by atoms with Crippen LogP contribution in [0.4, 0.5) is 5.00 Å². The van der Waals surface area contributed by atoms with Crippen LogP contribution in [-0.4, -0.2) is 44.2 Å². The van der Waals surface area contributed by atoms with Gasteiger partial charge in [0.15, 0.2) is 0 Å². The molecule has 32 heavy (non-hydrogen) atoms. The fourth-order valence-corrected chi connectivity index (χ4v) is 5.60. The number of esters is 1. The van der Waals surface area contributed by atoms with Crippen molar-refractivity contribution in [2.75, 3.05) is 17.7 Å². The quantitative estimate of drug-likeness (QED) is 0.388. The van der Waals surface area contributed by atoms with Gasteiger partial charge in [-0.2, -0.15) is 5.10 Å². The number of fused-ring (bicyclic) bond motifs is 1. The summed E-state index contributed by atoms with van der Waals surface area (Å²) in [5.41, 5.74) is 2.51. The number of anilines is 1. The minimum atomic E-state index is -0.377. The van der Waals surface area contributed by atoms with Gasteiger partial charge in [-0.1, -0.05) is 18.7 Å². The van der Waals surface area contributed by atoms with Crippen molar-refractivity contribution in [3.8, 4) is 0 Å². The third kappa shape index (κ3) is 5.04. The molecule has 11 heteroatoms. The van der Waals surface area contributed by atoms with Gasteiger partial charge >= 0.3 is 5.97 Å². The first kappa shape index (κ1) is 22.5. The summed E-state index contributed by atoms with van der Waals surface area (Å²) < 4.78 is 12.6. The standard InChI is InChI=1S/C21H25N5O4S2/c1-4-29-20(28)18-14-6-5-12(2)9-15(14)32-19(18)23-16(27)11-31-21-25-24-17(30-21)10-26-13(3)7-8-22-26/h7-8,12H,4-6,9-11H2,1-3H3,(H,23,27)/t12-/m1/s1. The van der Waals surface area contributed by atoms with Crippen molar-refractivity contribution >= 4 is 40.0 Å². The van der Waals surface area contributed by atoms with Crippen LogP contribution >= 0.6 is 23.1 Å². The number of thioether (sulfide) groups is 1. The van der Waals surface area contributed by atoms with Crippen LogP contribution in [-0.2, 0) is 28.9 Å². The molecule has 1 aliphatic carbocycles. The number of hydrogen-bond acceptors (Lipinski definition) is 9. The molecule has 4 rings (SSSR count). The lowest BCUT2D eigenvalue weighted by atomic mass is 9.88. The van der Waals surface area contributed by atoms with Gasteiger partial charge in [0.2, 0.25) is 11.8 Å². The molecule has 0 aliphatic heterocycles. The predicted octanol–water partition coefficient (Wildman–Crippen LogP) is 3.72. The predicted molar refractivity (Wildman–Crippen MR) is 121 cm³/mol. The van der Waals surface area contributed by atoms with Crippen molar-refractivity contribution in [2.24, 2.45) is 5.92 Å². The first-order chi connectivity index (χ1) is 15.4. The van der Waals surface area contributed by atoms with E-state index in [0.717, 1.165) is 47.2 Å². The fraction of sp³-hybridized carbons (Fsp3) is 0.476. The zero-order chi connectivity index (χ0) is 22.7. The number of amides is 1. The maximum absolute atomic E-state index is 12.6. The van der Waals surface area contributed by atoms with Crippen LogP contribution in [0.1, 0.15) is 52.7 Å². The summed E-state index contributed by atoms with van der Waals surface area (Å²) in [5, 5.41) is 16.0. The molecular weight excluding hydrogens is 450 g/mol. The highest BCUT2D eigenvalue weighted by atomic mass is 32.2. The monoisotopic (exact) mass is 475 g/mol. The lowest BCUT2D eigenvalue weighted by Crippen LogP contribution is -2.17. The second-order valence-electron chi connectivity index (χ2n) is 7.71. The first-order valence-electron chi connectivity index (χ1n) is 10.5. The number of hydrogen-bond donors (Lipinski definition) is 1. The van der Waals surface area contributed by atoms with Gasteiger partial charge in [0.1, 0.15) is 11.5 Å². The third-order valence-electron chi connectivity index (χ3n) is 5.23. The van der Waals surface area contributed by atoms with Gasteiger partial charge in [0.25, 0.3) is 5.22 Å². The molecule has 0 aromatic carbocycles. The number of aromatic nitrogens is 4. The van der Waals surface area contributed by atoms with Gasteiger partial charge < -0.3 is 14.5 Å². The summed E-state index contributed by atoms with van der Waals surface area (Å²) in [6.07, 6.45) is 4.47. The van der Waals surface area contributed by atoms with E-state index in [0.29, 0.717) is 40.7 Å². The zero-order valence-corrected chi connectivity index (χ0v) is 19.8. The van der Waals surface area contributed by atoms with Gasteiger partial charge in [-0.15, -0.1) is 21.5 Å². The highest BCUT2D eigenvalue weighted by molar-refractivity contribution is 7.99. The number of ether oxygens (including phenoxy) is 1. The number of aryl methyl sites for hydroxylation is 1. The van der Waals surface area contributed by atoms with E-state index < -0.39 is 0 Å². The van der Waals surface area contributed by atoms with Crippen molar-refractivity contribution in [1.29, 1.82) is 0 Å². The summed E-state index contributed by atoms with van der Waals surface area (Å²) in [6, 6.07) is 1.89. The average Bonchev–Trinajstić information content (AvgIpc) is 3.46. The van der Waals surface area contributed by atoms with Crippen molar-refractivity contribution < 1.29 is 18.7 Å². The van der Waals surface area contributed by atoms with Gasteiger partial charge in [0, 0.05) is 16.8 Å². The molecule has 170 valence electrons. The van der Waals surface area contributed by atoms with Crippen LogP contribution in [0.5, 0.6) is 0 Å². The Hall–Kier alpha value is -2.66. The molecule has 0 unspecified atom stereocenters. The summed E-state index contributed by atoms with van der Waals surface area (Å²) in [6.45, 7) is 6.59. The van der Waals surface area contributed by atoms with Gasteiger partial charge in [-0.05, 0) is 50.7 Å². The minimum Gasteiger partial charge on any atom is -0.462 e. The van der Waals surface area contributed by atoms with E-state index in [1.165, 1.54) is 11.3 Å². The van der Waals surface area contributed by atoms with Crippen LogP contribution in [0.3, 0.4) is 0 Å². The number of thiophene rings is 1. The SMILES string of the molecule is CCOC(=O)c1c(NC(=O)CSc2nnc(Cn3nccc3C)o2)sc2c1CC[C@@H](C)C2. The number of nitrogens with zero attached hydrogens (tertiary/aromatic N) is 4. The van der Waals surface area contributed by atoms with Crippen molar-refractivity contribution in [2.45, 2.75) is 51.8 Å². The molecule has 0 spiro atoms. The van der Waals surface area contributed by atoms with Crippen LogP contribution in [0.2, 0.25) is 0 Å². The van der Waals surface area contributed by atoms with E-state index >= 15 is 0 Å². The molecule has 1 N–H and O–H groups in total. The molecule has 0 saturated heterocycles. The van der Waals surface area contributed by atoms with E-state index in [1.54, 1.807) is 17.8 Å². The van der Waals surface area contributed by atoms with Crippen molar-refractivity contribution in [3.63, 3.8) is 0 Å². The highest BCUT2D eigenvalue weighted by Gasteiger charge is 2.29. The maximum atomic E-state index is 12.6. The van der Waals surface area contributed by atoms with E-state index in [1.807, 2.05) is 13.0 Å². The Balaban J connectivity index is 1.40. The Morgan fingerprint density at radius 1 is 1.41 bits per heavy atom. The lowest BCUT2D eigenvalue weighted by Gasteiger charge is -2.18. The van der Waals surface area contributed by atoms with Crippen LogP contribution in [0.25, 0.3) is 0 Å². The number of nitrogens with one attached hydrogen (secondary N) is 1. The van der Waals surface area contributed by atoms with Crippen molar-refractivity contribution in [1.82, 2.24) is 20.0 Å².